The molecule has 7 heteroatoms. The van der Waals surface area contributed by atoms with Gasteiger partial charge in [-0.25, -0.2) is 4.57 Å². The fraction of sp³-hybridized carbons (Fsp3) is 0. The third kappa shape index (κ3) is 11.6. The van der Waals surface area contributed by atoms with Gasteiger partial charge in [-0.05, 0) is 0 Å². The molecule has 0 aliphatic heterocycles. The van der Waals surface area contributed by atoms with Gasteiger partial charge in [0.15, 0.2) is 0 Å². The van der Waals surface area contributed by atoms with E-state index in [-0.39, 0.29) is 51.4 Å². The molecule has 0 aromatic rings. The van der Waals surface area contributed by atoms with Crippen LogP contribution in [0.5, 0.6) is 0 Å². The van der Waals surface area contributed by atoms with Gasteiger partial charge in [0.1, 0.15) is 0 Å². The first-order chi connectivity index (χ1) is 2.56. The van der Waals surface area contributed by atoms with E-state index in [9.17, 15) is 4.57 Å². The van der Waals surface area contributed by atoms with Crippen molar-refractivity contribution >= 4 is 68.7 Å². The monoisotopic (exact) mass is 170 g/mol. The van der Waals surface area contributed by atoms with Crippen molar-refractivity contribution in [2.75, 3.05) is 0 Å². The number of hydrogen-bond acceptors (Lipinski definition) is 2. The summed E-state index contributed by atoms with van der Waals surface area (Å²) in [7, 11) is -2.72. The van der Waals surface area contributed by atoms with Crippen LogP contribution in [-0.4, -0.2) is 61.2 Å². The van der Waals surface area contributed by atoms with Crippen LogP contribution >= 0.6 is 17.3 Å². The molecule has 0 aliphatic rings. The molecule has 0 amide bonds. The van der Waals surface area contributed by atoms with E-state index in [1.54, 1.807) is 0 Å². The summed E-state index contributed by atoms with van der Waals surface area (Å²) in [5.74, 6) is 0. The fourth-order valence-electron chi connectivity index (χ4n) is 0. The molecule has 0 saturated carbocycles. The van der Waals surface area contributed by atoms with Gasteiger partial charge in [0.05, 0.1) is 0 Å². The molecule has 0 fully saturated rings. The zero-order valence-electron chi connectivity index (χ0n) is 2.74. The summed E-state index contributed by atoms with van der Waals surface area (Å²) in [4.78, 5) is 15.4. The van der Waals surface area contributed by atoms with Crippen LogP contribution in [0.1, 0.15) is 0 Å². The first-order valence-corrected chi connectivity index (χ1v) is 3.00. The second kappa shape index (κ2) is 5.00. The van der Waals surface area contributed by atoms with Crippen LogP contribution in [0.3, 0.4) is 0 Å². The maximum atomic E-state index is 9.45. The Kier molecular flexibility index (Phi) is 8.51. The molecule has 0 aliphatic carbocycles. The molecule has 2 N–H and O–H groups in total. The summed E-state index contributed by atoms with van der Waals surface area (Å²) in [6.07, 6.45) is 0. The third-order valence-electron chi connectivity index (χ3n) is 0.137. The molecule has 7 heavy (non-hydrogen) atoms. The van der Waals surface area contributed by atoms with Gasteiger partial charge >= 0.3 is 59.2 Å². The van der Waals surface area contributed by atoms with Crippen LogP contribution in [0.15, 0.2) is 0 Å². The van der Waals surface area contributed by atoms with Gasteiger partial charge in [-0.15, -0.1) is 0 Å². The van der Waals surface area contributed by atoms with Gasteiger partial charge in [0.2, 0.25) is 0 Å². The molecule has 0 heterocycles. The molecule has 40 valence electrons. The summed E-state index contributed by atoms with van der Waals surface area (Å²) in [6, 6.07) is 0. The van der Waals surface area contributed by atoms with E-state index in [1.807, 2.05) is 0 Å². The predicted molar refractivity (Wildman–Crippen MR) is 30.0 cm³/mol. The Morgan fingerprint density at radius 1 is 1.57 bits per heavy atom. The number of rotatable bonds is 1. The molecular formula is H5KO4P2. The molecule has 0 aromatic heterocycles. The predicted octanol–water partition coefficient (Wildman–Crippen LogP) is -0.763. The van der Waals surface area contributed by atoms with Crippen LogP contribution < -0.4 is 0 Å². The van der Waals surface area contributed by atoms with Crippen LogP contribution in [0.4, 0.5) is 0 Å². The Bertz CT molecular complexity index is 73.8. The SMILES string of the molecule is O=P(O)(O)OP.[KH]. The van der Waals surface area contributed by atoms with Crippen LogP contribution in [0.2, 0.25) is 0 Å². The summed E-state index contributed by atoms with van der Waals surface area (Å²) in [6.45, 7) is 0. The second-order valence-corrected chi connectivity index (χ2v) is 2.42. The minimum absolute atomic E-state index is 0. The molecule has 0 radical (unpaired) electrons. The summed E-state index contributed by atoms with van der Waals surface area (Å²) in [5.41, 5.74) is 0. The Morgan fingerprint density at radius 3 is 1.71 bits per heavy atom. The normalized spacial score (nSPS) is 10.1. The molecule has 0 rings (SSSR count). The molecule has 0 aromatic carbocycles. The molecule has 0 bridgehead atoms. The van der Waals surface area contributed by atoms with Gasteiger partial charge in [-0.2, -0.15) is 0 Å². The Labute approximate surface area is 86.0 Å². The van der Waals surface area contributed by atoms with Crippen molar-refractivity contribution < 1.29 is 18.7 Å². The molecule has 4 nitrogen and oxygen atoms in total. The van der Waals surface area contributed by atoms with E-state index in [0.29, 0.717) is 0 Å². The van der Waals surface area contributed by atoms with Crippen molar-refractivity contribution in [1.29, 1.82) is 0 Å². The van der Waals surface area contributed by atoms with Crippen LogP contribution in [-0.2, 0) is 8.88 Å². The Morgan fingerprint density at radius 2 is 1.71 bits per heavy atom. The average molecular weight is 170 g/mol. The standard InChI is InChI=1S/K.H4O4P2.H/c;1-6(2,3)4-5;/h;5H2,(H2,1,2,3);. The molecular weight excluding hydrogens is 165 g/mol. The van der Waals surface area contributed by atoms with Gasteiger partial charge in [-0.1, -0.05) is 0 Å². The van der Waals surface area contributed by atoms with Crippen molar-refractivity contribution in [1.82, 2.24) is 0 Å². The van der Waals surface area contributed by atoms with E-state index in [1.165, 1.54) is 9.47 Å². The Balaban J connectivity index is 0. The van der Waals surface area contributed by atoms with Crippen LogP contribution in [0, 0.1) is 0 Å². The van der Waals surface area contributed by atoms with Crippen LogP contribution in [0.25, 0.3) is 0 Å². The zero-order valence-corrected chi connectivity index (χ0v) is 4.78. The number of hydrogen-bond donors (Lipinski definition) is 2. The maximum absolute atomic E-state index is 9.45. The topological polar surface area (TPSA) is 66.8 Å². The van der Waals surface area contributed by atoms with Crippen molar-refractivity contribution in [2.24, 2.45) is 0 Å². The van der Waals surface area contributed by atoms with Gasteiger partial charge in [0.25, 0.3) is 0 Å². The Hall–Kier alpha value is 2.18. The first-order valence-electron chi connectivity index (χ1n) is 1.00. The molecule has 0 spiro atoms. The van der Waals surface area contributed by atoms with Crippen molar-refractivity contribution in [3.8, 4) is 0 Å². The van der Waals surface area contributed by atoms with Gasteiger partial charge in [-0.3, -0.25) is 4.31 Å². The molecule has 0 saturated heterocycles. The van der Waals surface area contributed by atoms with Crippen molar-refractivity contribution in [2.45, 2.75) is 0 Å². The summed E-state index contributed by atoms with van der Waals surface area (Å²) < 4.78 is 13.0. The van der Waals surface area contributed by atoms with Crippen molar-refractivity contribution in [3.63, 3.8) is 0 Å². The quantitative estimate of drug-likeness (QED) is 0.401. The number of phosphoric acid groups is 1. The van der Waals surface area contributed by atoms with E-state index >= 15 is 0 Å². The molecule has 1 unspecified atom stereocenters. The van der Waals surface area contributed by atoms with Gasteiger partial charge < -0.3 is 9.79 Å². The zero-order chi connectivity index (χ0) is 5.21. The molecule has 1 atom stereocenters. The average Bonchev–Trinajstić information content (AvgIpc) is 1.35. The van der Waals surface area contributed by atoms with E-state index in [2.05, 4.69) is 4.31 Å². The minimum atomic E-state index is -4.18. The summed E-state index contributed by atoms with van der Waals surface area (Å²) in [5, 5.41) is 0. The van der Waals surface area contributed by atoms with E-state index in [4.69, 9.17) is 9.79 Å². The van der Waals surface area contributed by atoms with Gasteiger partial charge in [0, 0.05) is 9.47 Å². The fourth-order valence-corrected chi connectivity index (χ4v) is 0. The van der Waals surface area contributed by atoms with E-state index in [0.717, 1.165) is 0 Å². The third-order valence-corrected chi connectivity index (χ3v) is 1.24. The van der Waals surface area contributed by atoms with E-state index < -0.39 is 7.82 Å². The first kappa shape index (κ1) is 11.9. The second-order valence-electron chi connectivity index (χ2n) is 0.596. The summed E-state index contributed by atoms with van der Waals surface area (Å²) >= 11 is 0. The van der Waals surface area contributed by atoms with Crippen molar-refractivity contribution in [3.05, 3.63) is 0 Å².